The molecule has 0 radical (unpaired) electrons. The SMILES string of the molecule is CCC(C(N)=S)S(=O)(=O)N1CCC(C)C(OC)C1. The molecule has 5 nitrogen and oxygen atoms in total. The van der Waals surface area contributed by atoms with Crippen LogP contribution < -0.4 is 5.73 Å². The Kier molecular flexibility index (Phi) is 5.51. The van der Waals surface area contributed by atoms with Gasteiger partial charge in [0.25, 0.3) is 0 Å². The molecule has 7 heteroatoms. The van der Waals surface area contributed by atoms with E-state index < -0.39 is 15.3 Å². The van der Waals surface area contributed by atoms with Crippen molar-refractivity contribution in [1.29, 1.82) is 0 Å². The Labute approximate surface area is 115 Å². The fraction of sp³-hybridized carbons (Fsp3) is 0.909. The Hall–Kier alpha value is -0.240. The number of sulfonamides is 1. The minimum absolute atomic E-state index is 0.0464. The van der Waals surface area contributed by atoms with Crippen molar-refractivity contribution < 1.29 is 13.2 Å². The number of thiocarbonyl (C=S) groups is 1. The van der Waals surface area contributed by atoms with Gasteiger partial charge in [-0.15, -0.1) is 0 Å². The smallest absolute Gasteiger partial charge is 0.223 e. The van der Waals surface area contributed by atoms with Crippen molar-refractivity contribution >= 4 is 27.2 Å². The van der Waals surface area contributed by atoms with Gasteiger partial charge in [0, 0.05) is 20.2 Å². The predicted molar refractivity (Wildman–Crippen MR) is 75.9 cm³/mol. The third kappa shape index (κ3) is 3.20. The van der Waals surface area contributed by atoms with Crippen molar-refractivity contribution in [3.63, 3.8) is 0 Å². The summed E-state index contributed by atoms with van der Waals surface area (Å²) in [6.07, 6.45) is 1.14. The maximum Gasteiger partial charge on any atom is 0.223 e. The molecule has 1 saturated heterocycles. The molecule has 3 atom stereocenters. The Balaban J connectivity index is 2.89. The fourth-order valence-electron chi connectivity index (χ4n) is 2.28. The highest BCUT2D eigenvalue weighted by molar-refractivity contribution is 7.92. The standard InChI is InChI=1S/C11H22N2O3S2/c1-4-10(11(12)17)18(14,15)13-6-5-8(2)9(7-13)16-3/h8-10H,4-7H2,1-3H3,(H2,12,17). The van der Waals surface area contributed by atoms with Gasteiger partial charge in [0.05, 0.1) is 11.1 Å². The summed E-state index contributed by atoms with van der Waals surface area (Å²) in [6, 6.07) is 0. The quantitative estimate of drug-likeness (QED) is 0.757. The van der Waals surface area contributed by atoms with E-state index in [1.165, 1.54) is 4.31 Å². The zero-order chi connectivity index (χ0) is 13.9. The molecule has 0 bridgehead atoms. The molecule has 0 amide bonds. The molecule has 18 heavy (non-hydrogen) atoms. The zero-order valence-electron chi connectivity index (χ0n) is 11.1. The maximum atomic E-state index is 12.4. The van der Waals surface area contributed by atoms with Crippen LogP contribution in [-0.2, 0) is 14.8 Å². The van der Waals surface area contributed by atoms with Crippen molar-refractivity contribution in [2.45, 2.75) is 38.0 Å². The number of hydrogen-bond donors (Lipinski definition) is 1. The van der Waals surface area contributed by atoms with E-state index in [4.69, 9.17) is 22.7 Å². The number of hydrogen-bond acceptors (Lipinski definition) is 4. The largest absolute Gasteiger partial charge is 0.392 e. The number of methoxy groups -OCH3 is 1. The second kappa shape index (κ2) is 6.27. The van der Waals surface area contributed by atoms with Crippen LogP contribution in [0.5, 0.6) is 0 Å². The molecular weight excluding hydrogens is 272 g/mol. The fourth-order valence-corrected chi connectivity index (χ4v) is 4.60. The van der Waals surface area contributed by atoms with Crippen LogP contribution >= 0.6 is 12.2 Å². The van der Waals surface area contributed by atoms with Gasteiger partial charge in [-0.3, -0.25) is 0 Å². The van der Waals surface area contributed by atoms with Gasteiger partial charge in [-0.2, -0.15) is 4.31 Å². The van der Waals surface area contributed by atoms with E-state index in [0.29, 0.717) is 25.4 Å². The number of rotatable bonds is 5. The molecule has 0 saturated carbocycles. The van der Waals surface area contributed by atoms with Gasteiger partial charge < -0.3 is 10.5 Å². The van der Waals surface area contributed by atoms with Gasteiger partial charge in [0.15, 0.2) is 0 Å². The molecule has 1 aliphatic heterocycles. The topological polar surface area (TPSA) is 72.6 Å². The molecule has 0 spiro atoms. The number of ether oxygens (including phenoxy) is 1. The van der Waals surface area contributed by atoms with Gasteiger partial charge in [-0.25, -0.2) is 8.42 Å². The van der Waals surface area contributed by atoms with Gasteiger partial charge in [0.2, 0.25) is 10.0 Å². The first-order chi connectivity index (χ1) is 8.34. The molecule has 1 fully saturated rings. The first kappa shape index (κ1) is 15.8. The van der Waals surface area contributed by atoms with E-state index in [1.54, 1.807) is 14.0 Å². The van der Waals surface area contributed by atoms with Crippen LogP contribution in [0.25, 0.3) is 0 Å². The van der Waals surface area contributed by atoms with Crippen molar-refractivity contribution in [3.05, 3.63) is 0 Å². The van der Waals surface area contributed by atoms with Crippen molar-refractivity contribution in [3.8, 4) is 0 Å². The van der Waals surface area contributed by atoms with Crippen molar-refractivity contribution in [2.24, 2.45) is 11.7 Å². The Morgan fingerprint density at radius 2 is 2.22 bits per heavy atom. The average molecular weight is 294 g/mol. The van der Waals surface area contributed by atoms with Gasteiger partial charge in [0.1, 0.15) is 5.25 Å². The average Bonchev–Trinajstić information content (AvgIpc) is 2.29. The van der Waals surface area contributed by atoms with Crippen molar-refractivity contribution in [2.75, 3.05) is 20.2 Å². The first-order valence-corrected chi connectivity index (χ1v) is 8.06. The van der Waals surface area contributed by atoms with Gasteiger partial charge in [-0.05, 0) is 18.8 Å². The summed E-state index contributed by atoms with van der Waals surface area (Å²) in [5, 5.41) is -0.765. The Morgan fingerprint density at radius 1 is 1.61 bits per heavy atom. The summed E-state index contributed by atoms with van der Waals surface area (Å²) < 4.78 is 31.7. The minimum atomic E-state index is -3.45. The van der Waals surface area contributed by atoms with E-state index in [0.717, 1.165) is 6.42 Å². The van der Waals surface area contributed by atoms with Crippen LogP contribution in [0.4, 0.5) is 0 Å². The molecule has 106 valence electrons. The summed E-state index contributed by atoms with van der Waals surface area (Å²) >= 11 is 4.86. The molecular formula is C11H22N2O3S2. The van der Waals surface area contributed by atoms with Gasteiger partial charge in [-0.1, -0.05) is 26.1 Å². The van der Waals surface area contributed by atoms with Crippen LogP contribution in [0.3, 0.4) is 0 Å². The number of piperidine rings is 1. The van der Waals surface area contributed by atoms with E-state index in [-0.39, 0.29) is 11.1 Å². The molecule has 2 N–H and O–H groups in total. The van der Waals surface area contributed by atoms with E-state index >= 15 is 0 Å². The molecule has 1 rings (SSSR count). The summed E-state index contributed by atoms with van der Waals surface area (Å²) in [4.78, 5) is 0.0464. The third-order valence-corrected chi connectivity index (χ3v) is 6.35. The van der Waals surface area contributed by atoms with Crippen LogP contribution in [-0.4, -0.2) is 49.3 Å². The lowest BCUT2D eigenvalue weighted by atomic mass is 9.97. The van der Waals surface area contributed by atoms with Crippen LogP contribution in [0, 0.1) is 5.92 Å². The second-order valence-electron chi connectivity index (χ2n) is 4.74. The van der Waals surface area contributed by atoms with E-state index in [9.17, 15) is 8.42 Å². The lowest BCUT2D eigenvalue weighted by molar-refractivity contribution is 0.0183. The van der Waals surface area contributed by atoms with Crippen LogP contribution in [0.1, 0.15) is 26.7 Å². The van der Waals surface area contributed by atoms with Gasteiger partial charge >= 0.3 is 0 Å². The van der Waals surface area contributed by atoms with E-state index in [2.05, 4.69) is 6.92 Å². The highest BCUT2D eigenvalue weighted by Gasteiger charge is 2.37. The lowest BCUT2D eigenvalue weighted by Crippen LogP contribution is -2.51. The molecule has 1 aliphatic rings. The summed E-state index contributed by atoms with van der Waals surface area (Å²) in [7, 11) is -1.84. The number of nitrogens with zero attached hydrogens (tertiary/aromatic N) is 1. The second-order valence-corrected chi connectivity index (χ2v) is 7.33. The summed E-state index contributed by atoms with van der Waals surface area (Å²) in [6.45, 7) is 4.76. The number of nitrogens with two attached hydrogens (primary N) is 1. The first-order valence-electron chi connectivity index (χ1n) is 6.15. The minimum Gasteiger partial charge on any atom is -0.392 e. The zero-order valence-corrected chi connectivity index (χ0v) is 12.8. The summed E-state index contributed by atoms with van der Waals surface area (Å²) in [5.74, 6) is 0.367. The predicted octanol–water partition coefficient (Wildman–Crippen LogP) is 0.738. The van der Waals surface area contributed by atoms with E-state index in [1.807, 2.05) is 0 Å². The third-order valence-electron chi connectivity index (χ3n) is 3.56. The Bertz CT molecular complexity index is 397. The molecule has 0 aromatic carbocycles. The monoisotopic (exact) mass is 294 g/mol. The molecule has 0 aromatic heterocycles. The molecule has 0 aliphatic carbocycles. The van der Waals surface area contributed by atoms with Crippen molar-refractivity contribution in [1.82, 2.24) is 4.31 Å². The summed E-state index contributed by atoms with van der Waals surface area (Å²) in [5.41, 5.74) is 5.53. The normalized spacial score (nSPS) is 27.9. The molecule has 1 heterocycles. The Morgan fingerprint density at radius 3 is 2.67 bits per heavy atom. The highest BCUT2D eigenvalue weighted by atomic mass is 32.2. The lowest BCUT2D eigenvalue weighted by Gasteiger charge is -2.36. The van der Waals surface area contributed by atoms with Crippen LogP contribution in [0.2, 0.25) is 0 Å². The van der Waals surface area contributed by atoms with Crippen LogP contribution in [0.15, 0.2) is 0 Å². The maximum absolute atomic E-state index is 12.4. The highest BCUT2D eigenvalue weighted by Crippen LogP contribution is 2.24. The molecule has 3 unspecified atom stereocenters. The molecule has 0 aromatic rings.